The van der Waals surface area contributed by atoms with Gasteiger partial charge < -0.3 is 10.1 Å². The summed E-state index contributed by atoms with van der Waals surface area (Å²) < 4.78 is 5.12. The molecule has 0 amide bonds. The van der Waals surface area contributed by atoms with Crippen molar-refractivity contribution in [1.29, 1.82) is 0 Å². The smallest absolute Gasteiger partial charge is 0.210 e. The second-order valence-corrected chi connectivity index (χ2v) is 3.16. The maximum absolute atomic E-state index is 11.3. The number of nitrogens with one attached hydrogen (secondary N) is 1. The predicted octanol–water partition coefficient (Wildman–Crippen LogP) is 0.858. The van der Waals surface area contributed by atoms with Gasteiger partial charge in [0.25, 0.3) is 0 Å². The minimum Gasteiger partial charge on any atom is -0.490 e. The molecule has 0 saturated heterocycles. The molecule has 1 rings (SSSR count). The van der Waals surface area contributed by atoms with Crippen LogP contribution in [0.3, 0.4) is 0 Å². The summed E-state index contributed by atoms with van der Waals surface area (Å²) in [6, 6.07) is 0.343. The fraction of sp³-hybridized carbons (Fsp3) is 0.667. The number of rotatable bonds is 4. The van der Waals surface area contributed by atoms with Gasteiger partial charge in [-0.05, 0) is 6.08 Å². The second-order valence-electron chi connectivity index (χ2n) is 3.16. The first-order chi connectivity index (χ1) is 5.70. The summed E-state index contributed by atoms with van der Waals surface area (Å²) in [6.45, 7) is 5.06. The summed E-state index contributed by atoms with van der Waals surface area (Å²) >= 11 is 0. The Labute approximate surface area is 72.8 Å². The van der Waals surface area contributed by atoms with Crippen molar-refractivity contribution >= 4 is 5.78 Å². The summed E-state index contributed by atoms with van der Waals surface area (Å²) in [5, 5.41) is 3.05. The molecule has 0 bridgehead atoms. The summed E-state index contributed by atoms with van der Waals surface area (Å²) in [4.78, 5) is 11.3. The third-order valence-electron chi connectivity index (χ3n) is 1.65. The van der Waals surface area contributed by atoms with E-state index in [0.29, 0.717) is 25.0 Å². The summed E-state index contributed by atoms with van der Waals surface area (Å²) in [5.74, 6) is 0.587. The van der Waals surface area contributed by atoms with Crippen LogP contribution in [-0.4, -0.2) is 25.0 Å². The molecule has 12 heavy (non-hydrogen) atoms. The van der Waals surface area contributed by atoms with Gasteiger partial charge in [-0.2, -0.15) is 0 Å². The fourth-order valence-electron chi connectivity index (χ4n) is 0.996. The van der Waals surface area contributed by atoms with Gasteiger partial charge in [-0.3, -0.25) is 4.79 Å². The van der Waals surface area contributed by atoms with Crippen LogP contribution in [0.1, 0.15) is 20.3 Å². The lowest BCUT2D eigenvalue weighted by Gasteiger charge is -2.07. The molecule has 3 nitrogen and oxygen atoms in total. The first-order valence-corrected chi connectivity index (χ1v) is 4.29. The van der Waals surface area contributed by atoms with Gasteiger partial charge in [0, 0.05) is 12.5 Å². The highest BCUT2D eigenvalue weighted by atomic mass is 16.5. The zero-order chi connectivity index (χ0) is 8.97. The highest BCUT2D eigenvalue weighted by Crippen LogP contribution is 2.09. The molecule has 68 valence electrons. The molecule has 1 N–H and O–H groups in total. The maximum Gasteiger partial charge on any atom is 0.210 e. The van der Waals surface area contributed by atoms with Crippen molar-refractivity contribution in [3.8, 4) is 0 Å². The monoisotopic (exact) mass is 169 g/mol. The molecule has 0 saturated carbocycles. The van der Waals surface area contributed by atoms with Crippen LogP contribution in [-0.2, 0) is 9.53 Å². The normalized spacial score (nSPS) is 16.1. The van der Waals surface area contributed by atoms with Crippen LogP contribution in [0.15, 0.2) is 11.8 Å². The molecule has 0 aromatic heterocycles. The molecular weight excluding hydrogens is 154 g/mol. The first-order valence-electron chi connectivity index (χ1n) is 4.29. The zero-order valence-electron chi connectivity index (χ0n) is 7.59. The SMILES string of the molecule is CC(C)NCC(=O)C1=CCCO1. The molecule has 0 aromatic rings. The van der Waals surface area contributed by atoms with E-state index >= 15 is 0 Å². The molecule has 0 fully saturated rings. The van der Waals surface area contributed by atoms with E-state index < -0.39 is 0 Å². The number of carbonyl (C=O) groups is 1. The van der Waals surface area contributed by atoms with Crippen molar-refractivity contribution in [3.63, 3.8) is 0 Å². The maximum atomic E-state index is 11.3. The number of ether oxygens (including phenoxy) is 1. The Morgan fingerprint density at radius 1 is 1.75 bits per heavy atom. The number of hydrogen-bond donors (Lipinski definition) is 1. The molecule has 1 aliphatic rings. The van der Waals surface area contributed by atoms with Gasteiger partial charge in [-0.1, -0.05) is 13.8 Å². The quantitative estimate of drug-likeness (QED) is 0.678. The van der Waals surface area contributed by atoms with Crippen molar-refractivity contribution in [2.45, 2.75) is 26.3 Å². The van der Waals surface area contributed by atoms with Crippen molar-refractivity contribution in [1.82, 2.24) is 5.32 Å². The van der Waals surface area contributed by atoms with Crippen LogP contribution in [0.5, 0.6) is 0 Å². The predicted molar refractivity (Wildman–Crippen MR) is 46.8 cm³/mol. The van der Waals surface area contributed by atoms with Crippen LogP contribution in [0.4, 0.5) is 0 Å². The van der Waals surface area contributed by atoms with E-state index in [4.69, 9.17) is 4.74 Å². The van der Waals surface area contributed by atoms with E-state index in [-0.39, 0.29) is 5.78 Å². The summed E-state index contributed by atoms with van der Waals surface area (Å²) in [7, 11) is 0. The fourth-order valence-corrected chi connectivity index (χ4v) is 0.996. The Balaban J connectivity index is 2.28. The minimum atomic E-state index is 0.0567. The van der Waals surface area contributed by atoms with Gasteiger partial charge in [0.1, 0.15) is 0 Å². The number of carbonyl (C=O) groups excluding carboxylic acids is 1. The molecule has 1 aliphatic heterocycles. The number of hydrogen-bond acceptors (Lipinski definition) is 3. The van der Waals surface area contributed by atoms with Crippen LogP contribution < -0.4 is 5.32 Å². The van der Waals surface area contributed by atoms with Crippen molar-refractivity contribution in [2.75, 3.05) is 13.2 Å². The molecule has 0 radical (unpaired) electrons. The van der Waals surface area contributed by atoms with Gasteiger partial charge in [-0.15, -0.1) is 0 Å². The molecule has 1 heterocycles. The lowest BCUT2D eigenvalue weighted by molar-refractivity contribution is -0.117. The van der Waals surface area contributed by atoms with E-state index in [9.17, 15) is 4.79 Å². The minimum absolute atomic E-state index is 0.0567. The molecule has 3 heteroatoms. The molecule has 0 aliphatic carbocycles. The standard InChI is InChI=1S/C9H15NO2/c1-7(2)10-6-8(11)9-4-3-5-12-9/h4,7,10H,3,5-6H2,1-2H3. The topological polar surface area (TPSA) is 38.3 Å². The van der Waals surface area contributed by atoms with Crippen molar-refractivity contribution < 1.29 is 9.53 Å². The van der Waals surface area contributed by atoms with Crippen LogP contribution in [0, 0.1) is 0 Å². The van der Waals surface area contributed by atoms with Crippen molar-refractivity contribution in [2.24, 2.45) is 0 Å². The van der Waals surface area contributed by atoms with E-state index in [0.717, 1.165) is 6.42 Å². The average molecular weight is 169 g/mol. The third-order valence-corrected chi connectivity index (χ3v) is 1.65. The van der Waals surface area contributed by atoms with Gasteiger partial charge >= 0.3 is 0 Å². The molecular formula is C9H15NO2. The van der Waals surface area contributed by atoms with Crippen LogP contribution in [0.25, 0.3) is 0 Å². The Hall–Kier alpha value is -0.830. The highest BCUT2D eigenvalue weighted by molar-refractivity contribution is 5.95. The van der Waals surface area contributed by atoms with E-state index in [1.165, 1.54) is 0 Å². The third kappa shape index (κ3) is 2.66. The van der Waals surface area contributed by atoms with E-state index in [2.05, 4.69) is 5.32 Å². The zero-order valence-corrected chi connectivity index (χ0v) is 7.59. The van der Waals surface area contributed by atoms with Gasteiger partial charge in [0.05, 0.1) is 13.2 Å². The van der Waals surface area contributed by atoms with Gasteiger partial charge in [0.2, 0.25) is 5.78 Å². The number of Topliss-reactive ketones (excluding diaryl/α,β-unsaturated/α-hetero) is 1. The molecule has 0 spiro atoms. The van der Waals surface area contributed by atoms with Gasteiger partial charge in [0.15, 0.2) is 5.76 Å². The van der Waals surface area contributed by atoms with Crippen molar-refractivity contribution in [3.05, 3.63) is 11.8 Å². The lowest BCUT2D eigenvalue weighted by Crippen LogP contribution is -2.29. The summed E-state index contributed by atoms with van der Waals surface area (Å²) in [5.41, 5.74) is 0. The van der Waals surface area contributed by atoms with E-state index in [1.54, 1.807) is 0 Å². The summed E-state index contributed by atoms with van der Waals surface area (Å²) in [6.07, 6.45) is 2.72. The Morgan fingerprint density at radius 3 is 3.00 bits per heavy atom. The lowest BCUT2D eigenvalue weighted by atomic mass is 10.3. The van der Waals surface area contributed by atoms with Gasteiger partial charge in [-0.25, -0.2) is 0 Å². The Bertz CT molecular complexity index is 197. The van der Waals surface area contributed by atoms with Crippen LogP contribution in [0.2, 0.25) is 0 Å². The van der Waals surface area contributed by atoms with Crippen LogP contribution >= 0.6 is 0 Å². The molecule has 0 atom stereocenters. The van der Waals surface area contributed by atoms with E-state index in [1.807, 2.05) is 19.9 Å². The largest absolute Gasteiger partial charge is 0.490 e. The highest BCUT2D eigenvalue weighted by Gasteiger charge is 2.14. The Kier molecular flexibility index (Phi) is 3.29. The molecule has 0 aromatic carbocycles. The molecule has 0 unspecified atom stereocenters. The second kappa shape index (κ2) is 4.26. The average Bonchev–Trinajstić information content (AvgIpc) is 2.51. The Morgan fingerprint density at radius 2 is 2.50 bits per heavy atom. The number of ketones is 1. The first kappa shape index (κ1) is 9.26.